The molecule has 4 nitrogen and oxygen atoms in total. The highest BCUT2D eigenvalue weighted by molar-refractivity contribution is 8.23. The van der Waals surface area contributed by atoms with Crippen molar-refractivity contribution >= 4 is 50.8 Å². The average Bonchev–Trinajstić information content (AvgIpc) is 2.93. The number of Topliss-reactive ketones (excluding diaryl/α,β-unsaturated/α-hetero) is 2. The van der Waals surface area contributed by atoms with Crippen molar-refractivity contribution in [3.63, 3.8) is 0 Å². The van der Waals surface area contributed by atoms with E-state index < -0.39 is 41.4 Å². The lowest BCUT2D eigenvalue weighted by Gasteiger charge is -2.46. The molecule has 37 heavy (non-hydrogen) atoms. The maximum Gasteiger partial charge on any atom is 0.211 e. The summed E-state index contributed by atoms with van der Waals surface area (Å²) in [6, 6.07) is 0. The van der Waals surface area contributed by atoms with Gasteiger partial charge in [-0.25, -0.2) is 0 Å². The smallest absolute Gasteiger partial charge is 0.211 e. The molecule has 0 N–H and O–H groups in total. The highest BCUT2D eigenvalue weighted by atomic mass is 32.2. The minimum Gasteiger partial charge on any atom is -0.289 e. The van der Waals surface area contributed by atoms with Gasteiger partial charge in [0.1, 0.15) is 0 Å². The Bertz CT molecular complexity index is 1130. The second kappa shape index (κ2) is 9.12. The molecule has 3 rings (SSSR count). The normalized spacial score (nSPS) is 22.6. The first-order chi connectivity index (χ1) is 16.4. The van der Waals surface area contributed by atoms with Gasteiger partial charge in [-0.15, -0.1) is 23.5 Å². The molecular formula is C30H42O4S3. The summed E-state index contributed by atoms with van der Waals surface area (Å²) in [5.41, 5.74) is 1.25. The number of carbonyl (C=O) groups is 2. The van der Waals surface area contributed by atoms with Crippen molar-refractivity contribution < 1.29 is 18.0 Å². The van der Waals surface area contributed by atoms with Crippen LogP contribution < -0.4 is 0 Å². The van der Waals surface area contributed by atoms with E-state index in [1.54, 1.807) is 23.5 Å². The van der Waals surface area contributed by atoms with E-state index >= 15 is 0 Å². The fourth-order valence-corrected chi connectivity index (χ4v) is 9.77. The van der Waals surface area contributed by atoms with Gasteiger partial charge in [-0.1, -0.05) is 107 Å². The summed E-state index contributed by atoms with van der Waals surface area (Å²) in [7, 11) is -2.35. The van der Waals surface area contributed by atoms with Crippen molar-refractivity contribution in [3.8, 4) is 0 Å². The predicted octanol–water partition coefficient (Wildman–Crippen LogP) is 7.01. The van der Waals surface area contributed by atoms with E-state index in [9.17, 15) is 18.0 Å². The SMILES string of the molecule is CC(C)(C)C1=CC2(C=C(C(C)(C)C)C1=O)SC(C=S(=O)=O)SC21C=C(C(C)(C)C)C(=O)C(C(C)(C)C)=C1. The van der Waals surface area contributed by atoms with Crippen molar-refractivity contribution in [3.05, 3.63) is 46.6 Å². The molecule has 0 atom stereocenters. The number of hydrogen-bond donors (Lipinski definition) is 0. The molecule has 1 aliphatic heterocycles. The van der Waals surface area contributed by atoms with Crippen molar-refractivity contribution in [1.29, 1.82) is 0 Å². The standard InChI is InChI=1S/C30H42O4S3/c1-25(2,3)18-13-29(14-19(23(18)31)26(4,5)6)30(36-22(35-29)17-37(33)34)15-20(27(7,8)9)24(32)21(16-30)28(10,11)12/h13-17,22H,1-12H3. The Balaban J connectivity index is 2.54. The van der Waals surface area contributed by atoms with E-state index in [-0.39, 0.29) is 16.1 Å². The van der Waals surface area contributed by atoms with Crippen LogP contribution in [0.3, 0.4) is 0 Å². The Morgan fingerprint density at radius 1 is 0.595 bits per heavy atom. The minimum atomic E-state index is -2.35. The average molecular weight is 563 g/mol. The molecule has 1 saturated heterocycles. The molecule has 0 amide bonds. The summed E-state index contributed by atoms with van der Waals surface area (Å²) in [5.74, 6) is 0.0799. The molecule has 204 valence electrons. The Morgan fingerprint density at radius 3 is 1.03 bits per heavy atom. The van der Waals surface area contributed by atoms with Crippen LogP contribution in [-0.4, -0.2) is 39.4 Å². The van der Waals surface area contributed by atoms with Crippen molar-refractivity contribution in [2.75, 3.05) is 0 Å². The summed E-state index contributed by atoms with van der Waals surface area (Å²) in [4.78, 5) is 27.7. The van der Waals surface area contributed by atoms with E-state index in [2.05, 4.69) is 24.3 Å². The monoisotopic (exact) mass is 562 g/mol. The van der Waals surface area contributed by atoms with Crippen LogP contribution in [0, 0.1) is 21.7 Å². The zero-order valence-corrected chi connectivity index (χ0v) is 26.8. The van der Waals surface area contributed by atoms with Gasteiger partial charge >= 0.3 is 0 Å². The number of hydrogen-bond acceptors (Lipinski definition) is 6. The van der Waals surface area contributed by atoms with Crippen LogP contribution in [0.2, 0.25) is 0 Å². The van der Waals surface area contributed by atoms with Crippen LogP contribution in [-0.2, 0) is 19.9 Å². The second-order valence-corrected chi connectivity index (χ2v) is 18.4. The zero-order chi connectivity index (χ0) is 28.6. The van der Waals surface area contributed by atoms with Gasteiger partial charge in [0.05, 0.1) is 19.4 Å². The maximum atomic E-state index is 13.8. The van der Waals surface area contributed by atoms with Gasteiger partial charge in [-0.05, 0) is 21.7 Å². The highest BCUT2D eigenvalue weighted by Crippen LogP contribution is 2.65. The van der Waals surface area contributed by atoms with Crippen molar-refractivity contribution in [2.24, 2.45) is 21.7 Å². The molecule has 0 unspecified atom stereocenters. The number of ketones is 2. The van der Waals surface area contributed by atoms with Gasteiger partial charge in [0.15, 0.2) is 11.6 Å². The summed E-state index contributed by atoms with van der Waals surface area (Å²) < 4.78 is 21.8. The Hall–Kier alpha value is -1.31. The van der Waals surface area contributed by atoms with Crippen LogP contribution in [0.4, 0.5) is 0 Å². The Labute approximate surface area is 233 Å². The molecule has 3 aliphatic rings. The molecule has 2 aliphatic carbocycles. The third-order valence-corrected chi connectivity index (χ3v) is 11.3. The first kappa shape index (κ1) is 30.2. The zero-order valence-electron chi connectivity index (χ0n) is 24.3. The van der Waals surface area contributed by atoms with Crippen LogP contribution >= 0.6 is 23.5 Å². The van der Waals surface area contributed by atoms with Gasteiger partial charge < -0.3 is 0 Å². The van der Waals surface area contributed by atoms with E-state index in [1.165, 1.54) is 5.37 Å². The van der Waals surface area contributed by atoms with Crippen LogP contribution in [0.5, 0.6) is 0 Å². The molecule has 1 fully saturated rings. The van der Waals surface area contributed by atoms with Crippen LogP contribution in [0.25, 0.3) is 0 Å². The molecule has 0 saturated carbocycles. The summed E-state index contributed by atoms with van der Waals surface area (Å²) in [6.45, 7) is 24.5. The van der Waals surface area contributed by atoms with Crippen molar-refractivity contribution in [2.45, 2.75) is 97.2 Å². The summed E-state index contributed by atoms with van der Waals surface area (Å²) in [5, 5.41) is 1.34. The van der Waals surface area contributed by atoms with Gasteiger partial charge in [0.2, 0.25) is 10.3 Å². The van der Waals surface area contributed by atoms with E-state index in [0.717, 1.165) is 22.3 Å². The van der Waals surface area contributed by atoms with E-state index in [4.69, 9.17) is 0 Å². The molecule has 0 aromatic carbocycles. The summed E-state index contributed by atoms with van der Waals surface area (Å²) >= 11 is 3.09. The number of thioether (sulfide) groups is 2. The molecule has 0 bridgehead atoms. The fraction of sp³-hybridized carbons (Fsp3) is 0.633. The number of allylic oxidation sites excluding steroid dienone is 4. The molecule has 1 heterocycles. The van der Waals surface area contributed by atoms with Crippen molar-refractivity contribution in [1.82, 2.24) is 0 Å². The molecule has 2 spiro atoms. The molecule has 0 aromatic heterocycles. The first-order valence-electron chi connectivity index (χ1n) is 12.7. The topological polar surface area (TPSA) is 68.3 Å². The number of carbonyl (C=O) groups excluding carboxylic acids is 2. The summed E-state index contributed by atoms with van der Waals surface area (Å²) in [6.07, 6.45) is 8.31. The Kier molecular flexibility index (Phi) is 7.46. The number of rotatable bonds is 1. The molecule has 7 heteroatoms. The van der Waals surface area contributed by atoms with E-state index in [1.807, 2.05) is 83.1 Å². The Morgan fingerprint density at radius 2 is 0.838 bits per heavy atom. The lowest BCUT2D eigenvalue weighted by atomic mass is 9.65. The third kappa shape index (κ3) is 5.56. The second-order valence-electron chi connectivity index (χ2n) is 14.5. The van der Waals surface area contributed by atoms with Gasteiger partial charge in [-0.3, -0.25) is 9.59 Å². The van der Waals surface area contributed by atoms with Crippen LogP contribution in [0.15, 0.2) is 46.6 Å². The maximum absolute atomic E-state index is 13.8. The fourth-order valence-electron chi connectivity index (χ4n) is 5.05. The largest absolute Gasteiger partial charge is 0.289 e. The minimum absolute atomic E-state index is 0.0399. The lowest BCUT2D eigenvalue weighted by Crippen LogP contribution is -2.48. The quantitative estimate of drug-likeness (QED) is 0.320. The highest BCUT2D eigenvalue weighted by Gasteiger charge is 2.60. The van der Waals surface area contributed by atoms with E-state index in [0.29, 0.717) is 0 Å². The molecular weight excluding hydrogens is 521 g/mol. The van der Waals surface area contributed by atoms with Gasteiger partial charge in [0.25, 0.3) is 0 Å². The molecule has 0 aromatic rings. The molecule has 0 radical (unpaired) electrons. The first-order valence-corrected chi connectivity index (χ1v) is 15.6. The third-order valence-electron chi connectivity index (χ3n) is 7.10. The van der Waals surface area contributed by atoms with Gasteiger partial charge in [-0.2, -0.15) is 8.42 Å². The van der Waals surface area contributed by atoms with Gasteiger partial charge in [0, 0.05) is 22.3 Å². The number of fused-ring (bicyclic) bond motifs is 1. The predicted molar refractivity (Wildman–Crippen MR) is 160 cm³/mol. The van der Waals surface area contributed by atoms with Crippen LogP contribution in [0.1, 0.15) is 83.1 Å². The lowest BCUT2D eigenvalue weighted by molar-refractivity contribution is -0.115.